The highest BCUT2D eigenvalue weighted by atomic mass is 32.1. The number of piperidine rings is 1. The number of hydrogen-bond donors (Lipinski definition) is 1. The Hall–Kier alpha value is -3.10. The van der Waals surface area contributed by atoms with Gasteiger partial charge in [-0.3, -0.25) is 0 Å². The molecule has 0 atom stereocenters. The molecule has 0 amide bonds. The molecule has 1 aromatic carbocycles. The lowest BCUT2D eigenvalue weighted by molar-refractivity contribution is 0.160. The Bertz CT molecular complexity index is 1330. The molecule has 0 radical (unpaired) electrons. The standard InChI is InChI=1S/C27H32N6OS/c1-26(2)14-18(15-27(3,4)32-26)33(5)22-10-9-21(30-31-22)20-8-7-19(24-25(20)35-16-29-24)17-11-12-28-23(13-17)34-6/h7-13,16,18,32H,14-15H2,1-6H3. The third-order valence-electron chi connectivity index (χ3n) is 6.74. The molecule has 1 fully saturated rings. The number of aromatic nitrogens is 4. The van der Waals surface area contributed by atoms with Crippen LogP contribution in [0.2, 0.25) is 0 Å². The van der Waals surface area contributed by atoms with E-state index in [-0.39, 0.29) is 11.1 Å². The van der Waals surface area contributed by atoms with Crippen LogP contribution in [0.5, 0.6) is 5.88 Å². The average Bonchev–Trinajstić information content (AvgIpc) is 3.31. The van der Waals surface area contributed by atoms with Gasteiger partial charge in [-0.05, 0) is 64.3 Å². The van der Waals surface area contributed by atoms with E-state index in [1.807, 2.05) is 17.6 Å². The molecule has 35 heavy (non-hydrogen) atoms. The van der Waals surface area contributed by atoms with Crippen molar-refractivity contribution in [1.82, 2.24) is 25.5 Å². The molecule has 8 heteroatoms. The van der Waals surface area contributed by atoms with Gasteiger partial charge in [-0.1, -0.05) is 12.1 Å². The number of nitrogens with one attached hydrogen (secondary N) is 1. The van der Waals surface area contributed by atoms with Crippen molar-refractivity contribution in [1.29, 1.82) is 0 Å². The number of fused-ring (bicyclic) bond motifs is 1. The third kappa shape index (κ3) is 4.73. The molecular weight excluding hydrogens is 456 g/mol. The molecule has 3 aromatic heterocycles. The fourth-order valence-corrected chi connectivity index (χ4v) is 6.30. The molecule has 5 rings (SSSR count). The van der Waals surface area contributed by atoms with E-state index in [1.54, 1.807) is 24.6 Å². The quantitative estimate of drug-likeness (QED) is 0.394. The topological polar surface area (TPSA) is 76.1 Å². The van der Waals surface area contributed by atoms with Gasteiger partial charge in [0.05, 0.1) is 28.5 Å². The van der Waals surface area contributed by atoms with Crippen LogP contribution in [0.3, 0.4) is 0 Å². The molecule has 0 unspecified atom stereocenters. The maximum Gasteiger partial charge on any atom is 0.213 e. The summed E-state index contributed by atoms with van der Waals surface area (Å²) in [7, 11) is 3.76. The highest BCUT2D eigenvalue weighted by molar-refractivity contribution is 7.17. The first kappa shape index (κ1) is 23.6. The van der Waals surface area contributed by atoms with Crippen molar-refractivity contribution in [3.05, 3.63) is 48.1 Å². The Morgan fingerprint density at radius 1 is 0.971 bits per heavy atom. The SMILES string of the molecule is COc1cc(-c2ccc(-c3ccc(N(C)C4CC(C)(C)NC(C)(C)C4)nn3)c3scnc23)ccn1. The molecule has 4 aromatic rings. The number of anilines is 1. The number of rotatable bonds is 5. The number of pyridine rings is 1. The predicted octanol–water partition coefficient (Wildman–Crippen LogP) is 5.57. The van der Waals surface area contributed by atoms with Gasteiger partial charge < -0.3 is 15.0 Å². The minimum atomic E-state index is 0.0758. The second-order valence-corrected chi connectivity index (χ2v) is 11.5. The Balaban J connectivity index is 1.44. The van der Waals surface area contributed by atoms with Gasteiger partial charge in [0, 0.05) is 47.6 Å². The van der Waals surface area contributed by atoms with Gasteiger partial charge in [0.2, 0.25) is 5.88 Å². The van der Waals surface area contributed by atoms with Crippen LogP contribution in [0.1, 0.15) is 40.5 Å². The molecule has 1 saturated heterocycles. The Morgan fingerprint density at radius 3 is 2.40 bits per heavy atom. The highest BCUT2D eigenvalue weighted by Gasteiger charge is 2.39. The molecule has 0 spiro atoms. The normalized spacial score (nSPS) is 17.4. The summed E-state index contributed by atoms with van der Waals surface area (Å²) >= 11 is 1.62. The van der Waals surface area contributed by atoms with E-state index in [1.165, 1.54) is 0 Å². The van der Waals surface area contributed by atoms with E-state index in [0.29, 0.717) is 11.9 Å². The summed E-state index contributed by atoms with van der Waals surface area (Å²) in [6.07, 6.45) is 3.86. The zero-order valence-corrected chi connectivity index (χ0v) is 22.0. The number of hydrogen-bond acceptors (Lipinski definition) is 8. The van der Waals surface area contributed by atoms with Gasteiger partial charge in [0.25, 0.3) is 0 Å². The van der Waals surface area contributed by atoms with E-state index in [4.69, 9.17) is 4.74 Å². The molecular formula is C27H32N6OS. The summed E-state index contributed by atoms with van der Waals surface area (Å²) in [4.78, 5) is 11.2. The lowest BCUT2D eigenvalue weighted by Crippen LogP contribution is -2.62. The molecule has 1 N–H and O–H groups in total. The van der Waals surface area contributed by atoms with Crippen LogP contribution in [0, 0.1) is 0 Å². The zero-order chi connectivity index (χ0) is 24.8. The summed E-state index contributed by atoms with van der Waals surface area (Å²) in [5.41, 5.74) is 6.94. The number of thiazole rings is 1. The number of benzene rings is 1. The molecule has 182 valence electrons. The first-order valence-corrected chi connectivity index (χ1v) is 12.8. The number of nitrogens with zero attached hydrogens (tertiary/aromatic N) is 5. The number of ether oxygens (including phenoxy) is 1. The molecule has 4 heterocycles. The summed E-state index contributed by atoms with van der Waals surface area (Å²) in [5, 5.41) is 13.0. The zero-order valence-electron chi connectivity index (χ0n) is 21.2. The minimum Gasteiger partial charge on any atom is -0.481 e. The van der Waals surface area contributed by atoms with Crippen LogP contribution < -0.4 is 15.0 Å². The van der Waals surface area contributed by atoms with Gasteiger partial charge in [0.1, 0.15) is 0 Å². The van der Waals surface area contributed by atoms with Crippen molar-refractivity contribution in [3.8, 4) is 28.3 Å². The van der Waals surface area contributed by atoms with Crippen LogP contribution >= 0.6 is 11.3 Å². The first-order valence-electron chi connectivity index (χ1n) is 11.9. The summed E-state index contributed by atoms with van der Waals surface area (Å²) in [6.45, 7) is 9.09. The molecule has 7 nitrogen and oxygen atoms in total. The minimum absolute atomic E-state index is 0.0758. The van der Waals surface area contributed by atoms with Crippen molar-refractivity contribution in [2.45, 2.75) is 57.7 Å². The molecule has 1 aliphatic rings. The maximum atomic E-state index is 5.31. The largest absolute Gasteiger partial charge is 0.481 e. The lowest BCUT2D eigenvalue weighted by atomic mass is 9.79. The van der Waals surface area contributed by atoms with Crippen molar-refractivity contribution in [3.63, 3.8) is 0 Å². The van der Waals surface area contributed by atoms with Crippen molar-refractivity contribution in [2.24, 2.45) is 0 Å². The Morgan fingerprint density at radius 2 is 1.71 bits per heavy atom. The van der Waals surface area contributed by atoms with E-state index in [2.05, 4.69) is 89.4 Å². The van der Waals surface area contributed by atoms with Crippen LogP contribution in [0.25, 0.3) is 32.6 Å². The molecule has 0 aliphatic carbocycles. The summed E-state index contributed by atoms with van der Waals surface area (Å²) in [6, 6.07) is 12.7. The third-order valence-corrected chi connectivity index (χ3v) is 7.60. The lowest BCUT2D eigenvalue weighted by Gasteiger charge is -2.49. The van der Waals surface area contributed by atoms with Crippen molar-refractivity contribution >= 4 is 27.4 Å². The van der Waals surface area contributed by atoms with Crippen molar-refractivity contribution < 1.29 is 4.74 Å². The van der Waals surface area contributed by atoms with Crippen LogP contribution in [-0.4, -0.2) is 51.4 Å². The van der Waals surface area contributed by atoms with Gasteiger partial charge >= 0.3 is 0 Å². The Kier molecular flexibility index (Phi) is 5.97. The molecule has 0 saturated carbocycles. The van der Waals surface area contributed by atoms with Gasteiger partial charge in [-0.2, -0.15) is 0 Å². The van der Waals surface area contributed by atoms with E-state index < -0.39 is 0 Å². The van der Waals surface area contributed by atoms with Crippen LogP contribution in [0.15, 0.2) is 48.1 Å². The van der Waals surface area contributed by atoms with E-state index >= 15 is 0 Å². The average molecular weight is 489 g/mol. The fraction of sp³-hybridized carbons (Fsp3) is 0.407. The van der Waals surface area contributed by atoms with Gasteiger partial charge in [-0.15, -0.1) is 21.5 Å². The predicted molar refractivity (Wildman–Crippen MR) is 143 cm³/mol. The summed E-state index contributed by atoms with van der Waals surface area (Å²) in [5.74, 6) is 1.48. The second kappa shape index (κ2) is 8.84. The van der Waals surface area contributed by atoms with E-state index in [0.717, 1.165) is 51.3 Å². The summed E-state index contributed by atoms with van der Waals surface area (Å²) < 4.78 is 6.40. The van der Waals surface area contributed by atoms with E-state index in [9.17, 15) is 0 Å². The van der Waals surface area contributed by atoms with Crippen LogP contribution in [-0.2, 0) is 0 Å². The van der Waals surface area contributed by atoms with Crippen LogP contribution in [0.4, 0.5) is 5.82 Å². The highest BCUT2D eigenvalue weighted by Crippen LogP contribution is 2.38. The fourth-order valence-electron chi connectivity index (χ4n) is 5.46. The smallest absolute Gasteiger partial charge is 0.213 e. The maximum absolute atomic E-state index is 5.31. The Labute approximate surface area is 210 Å². The first-order chi connectivity index (χ1) is 16.7. The van der Waals surface area contributed by atoms with Gasteiger partial charge in [0.15, 0.2) is 5.82 Å². The number of methoxy groups -OCH3 is 1. The van der Waals surface area contributed by atoms with Crippen molar-refractivity contribution in [2.75, 3.05) is 19.1 Å². The second-order valence-electron chi connectivity index (χ2n) is 10.6. The van der Waals surface area contributed by atoms with Gasteiger partial charge in [-0.25, -0.2) is 9.97 Å². The monoisotopic (exact) mass is 488 g/mol. The molecule has 1 aliphatic heterocycles. The molecule has 0 bridgehead atoms.